The van der Waals surface area contributed by atoms with Crippen LogP contribution in [0.1, 0.15) is 31.9 Å². The number of hydrogen-bond acceptors (Lipinski definition) is 2. The molecular weight excluding hydrogens is 174 g/mol. The van der Waals surface area contributed by atoms with Gasteiger partial charge in [0.25, 0.3) is 0 Å². The van der Waals surface area contributed by atoms with Crippen molar-refractivity contribution >= 4 is 0 Å². The lowest BCUT2D eigenvalue weighted by atomic mass is 10.1. The van der Waals surface area contributed by atoms with Gasteiger partial charge in [0.15, 0.2) is 0 Å². The van der Waals surface area contributed by atoms with Crippen molar-refractivity contribution in [3.63, 3.8) is 0 Å². The third-order valence-electron chi connectivity index (χ3n) is 1.85. The molecule has 0 saturated heterocycles. The monoisotopic (exact) mass is 193 g/mol. The third kappa shape index (κ3) is 3.04. The van der Waals surface area contributed by atoms with Crippen LogP contribution in [-0.2, 0) is 6.54 Å². The Morgan fingerprint density at radius 3 is 2.43 bits per heavy atom. The second-order valence-corrected chi connectivity index (χ2v) is 4.53. The van der Waals surface area contributed by atoms with Gasteiger partial charge in [0.2, 0.25) is 0 Å². The average Bonchev–Trinajstić information content (AvgIpc) is 2.06. The molecule has 0 unspecified atom stereocenters. The van der Waals surface area contributed by atoms with E-state index in [4.69, 9.17) is 10.5 Å². The van der Waals surface area contributed by atoms with Gasteiger partial charge in [-0.2, -0.15) is 0 Å². The first-order valence-electron chi connectivity index (χ1n) is 4.91. The Labute approximate surface area is 86.1 Å². The second kappa shape index (κ2) is 4.01. The zero-order chi connectivity index (χ0) is 10.8. The number of ether oxygens (including phenoxy) is 1. The molecule has 0 aromatic heterocycles. The first-order chi connectivity index (χ1) is 6.42. The summed E-state index contributed by atoms with van der Waals surface area (Å²) in [5.74, 6) is 0.894. The maximum Gasteiger partial charge on any atom is 0.124 e. The highest BCUT2D eigenvalue weighted by Crippen LogP contribution is 2.23. The summed E-state index contributed by atoms with van der Waals surface area (Å²) in [5, 5.41) is 0. The zero-order valence-electron chi connectivity index (χ0n) is 9.42. The van der Waals surface area contributed by atoms with Gasteiger partial charge in [-0.05, 0) is 33.8 Å². The Morgan fingerprint density at radius 1 is 1.29 bits per heavy atom. The van der Waals surface area contributed by atoms with E-state index in [0.29, 0.717) is 6.54 Å². The molecule has 1 rings (SSSR count). The molecule has 0 heterocycles. The van der Waals surface area contributed by atoms with E-state index < -0.39 is 0 Å². The van der Waals surface area contributed by atoms with E-state index in [1.807, 2.05) is 32.9 Å². The van der Waals surface area contributed by atoms with E-state index in [-0.39, 0.29) is 5.60 Å². The highest BCUT2D eigenvalue weighted by atomic mass is 16.5. The lowest BCUT2D eigenvalue weighted by Gasteiger charge is -2.23. The normalized spacial score (nSPS) is 11.5. The fourth-order valence-electron chi connectivity index (χ4n) is 1.30. The smallest absolute Gasteiger partial charge is 0.124 e. The van der Waals surface area contributed by atoms with Crippen LogP contribution in [0.3, 0.4) is 0 Å². The van der Waals surface area contributed by atoms with Crippen molar-refractivity contribution in [3.05, 3.63) is 29.3 Å². The van der Waals surface area contributed by atoms with Gasteiger partial charge in [0, 0.05) is 12.1 Å². The lowest BCUT2D eigenvalue weighted by Crippen LogP contribution is -2.24. The van der Waals surface area contributed by atoms with Gasteiger partial charge in [0.05, 0.1) is 0 Å². The Bertz CT molecular complexity index is 313. The van der Waals surface area contributed by atoms with E-state index in [9.17, 15) is 0 Å². The van der Waals surface area contributed by atoms with Crippen LogP contribution in [0.25, 0.3) is 0 Å². The maximum absolute atomic E-state index is 5.80. The van der Waals surface area contributed by atoms with Crippen LogP contribution in [0, 0.1) is 6.92 Å². The molecule has 0 aliphatic heterocycles. The summed E-state index contributed by atoms with van der Waals surface area (Å²) in [4.78, 5) is 0. The van der Waals surface area contributed by atoms with Crippen molar-refractivity contribution in [1.82, 2.24) is 0 Å². The van der Waals surface area contributed by atoms with Crippen LogP contribution in [-0.4, -0.2) is 5.60 Å². The quantitative estimate of drug-likeness (QED) is 0.783. The zero-order valence-corrected chi connectivity index (χ0v) is 9.42. The number of hydrogen-bond donors (Lipinski definition) is 1. The number of nitrogens with two attached hydrogens (primary N) is 1. The van der Waals surface area contributed by atoms with Crippen molar-refractivity contribution in [3.8, 4) is 5.75 Å². The largest absolute Gasteiger partial charge is 0.488 e. The minimum Gasteiger partial charge on any atom is -0.488 e. The molecule has 78 valence electrons. The molecule has 1 aromatic rings. The molecule has 0 aliphatic rings. The molecule has 2 N–H and O–H groups in total. The molecule has 0 saturated carbocycles. The van der Waals surface area contributed by atoms with Gasteiger partial charge in [-0.1, -0.05) is 17.7 Å². The van der Waals surface area contributed by atoms with Crippen LogP contribution in [0.5, 0.6) is 5.75 Å². The van der Waals surface area contributed by atoms with Gasteiger partial charge < -0.3 is 10.5 Å². The number of benzene rings is 1. The van der Waals surface area contributed by atoms with Crippen LogP contribution >= 0.6 is 0 Å². The van der Waals surface area contributed by atoms with E-state index >= 15 is 0 Å². The first kappa shape index (κ1) is 11.1. The van der Waals surface area contributed by atoms with Crippen molar-refractivity contribution < 1.29 is 4.74 Å². The topological polar surface area (TPSA) is 35.2 Å². The molecule has 1 aromatic carbocycles. The van der Waals surface area contributed by atoms with Crippen LogP contribution in [0.4, 0.5) is 0 Å². The summed E-state index contributed by atoms with van der Waals surface area (Å²) in [6.45, 7) is 8.68. The summed E-state index contributed by atoms with van der Waals surface area (Å²) in [5.41, 5.74) is 7.77. The Balaban J connectivity index is 2.97. The fraction of sp³-hybridized carbons (Fsp3) is 0.500. The van der Waals surface area contributed by atoms with Crippen LogP contribution < -0.4 is 10.5 Å². The number of aryl methyl sites for hydroxylation is 1. The third-order valence-corrected chi connectivity index (χ3v) is 1.85. The molecule has 0 fully saturated rings. The summed E-state index contributed by atoms with van der Waals surface area (Å²) in [6.07, 6.45) is 0. The van der Waals surface area contributed by atoms with Gasteiger partial charge in [-0.25, -0.2) is 0 Å². The Hall–Kier alpha value is -1.02. The number of rotatable bonds is 2. The molecule has 2 heteroatoms. The van der Waals surface area contributed by atoms with Gasteiger partial charge >= 0.3 is 0 Å². The molecular formula is C12H19NO. The predicted molar refractivity (Wildman–Crippen MR) is 59.5 cm³/mol. The van der Waals surface area contributed by atoms with Crippen LogP contribution in [0.2, 0.25) is 0 Å². The van der Waals surface area contributed by atoms with E-state index in [0.717, 1.165) is 11.3 Å². The van der Waals surface area contributed by atoms with Crippen molar-refractivity contribution in [1.29, 1.82) is 0 Å². The predicted octanol–water partition coefficient (Wildman–Crippen LogP) is 2.63. The fourth-order valence-corrected chi connectivity index (χ4v) is 1.30. The van der Waals surface area contributed by atoms with E-state index in [2.05, 4.69) is 13.0 Å². The second-order valence-electron chi connectivity index (χ2n) is 4.53. The minimum absolute atomic E-state index is 0.167. The summed E-state index contributed by atoms with van der Waals surface area (Å²) < 4.78 is 5.80. The molecule has 0 spiro atoms. The summed E-state index contributed by atoms with van der Waals surface area (Å²) in [7, 11) is 0. The lowest BCUT2D eigenvalue weighted by molar-refractivity contribution is 0.129. The standard InChI is InChI=1S/C12H19NO/c1-9-5-6-11(10(7-9)8-13)14-12(2,3)4/h5-7H,8,13H2,1-4H3. The molecule has 0 bridgehead atoms. The summed E-state index contributed by atoms with van der Waals surface area (Å²) >= 11 is 0. The van der Waals surface area contributed by atoms with Crippen molar-refractivity contribution in [2.24, 2.45) is 5.73 Å². The van der Waals surface area contributed by atoms with Crippen molar-refractivity contribution in [2.45, 2.75) is 39.8 Å². The average molecular weight is 193 g/mol. The van der Waals surface area contributed by atoms with Crippen LogP contribution in [0.15, 0.2) is 18.2 Å². The first-order valence-corrected chi connectivity index (χ1v) is 4.91. The van der Waals surface area contributed by atoms with E-state index in [1.54, 1.807) is 0 Å². The highest BCUT2D eigenvalue weighted by molar-refractivity contribution is 5.37. The molecule has 2 nitrogen and oxygen atoms in total. The van der Waals surface area contributed by atoms with E-state index in [1.165, 1.54) is 5.56 Å². The Kier molecular flexibility index (Phi) is 3.17. The Morgan fingerprint density at radius 2 is 1.93 bits per heavy atom. The molecule has 0 aliphatic carbocycles. The molecule has 0 amide bonds. The highest BCUT2D eigenvalue weighted by Gasteiger charge is 2.13. The SMILES string of the molecule is Cc1ccc(OC(C)(C)C)c(CN)c1. The van der Waals surface area contributed by atoms with Gasteiger partial charge in [-0.3, -0.25) is 0 Å². The summed E-state index contributed by atoms with van der Waals surface area (Å²) in [6, 6.07) is 6.10. The molecule has 0 atom stereocenters. The molecule has 14 heavy (non-hydrogen) atoms. The van der Waals surface area contributed by atoms with Crippen molar-refractivity contribution in [2.75, 3.05) is 0 Å². The van der Waals surface area contributed by atoms with Gasteiger partial charge in [-0.15, -0.1) is 0 Å². The van der Waals surface area contributed by atoms with Gasteiger partial charge in [0.1, 0.15) is 11.4 Å². The minimum atomic E-state index is -0.167. The molecule has 0 radical (unpaired) electrons. The maximum atomic E-state index is 5.80.